The van der Waals surface area contributed by atoms with E-state index in [9.17, 15) is 9.59 Å². The van der Waals surface area contributed by atoms with Crippen LogP contribution in [0.25, 0.3) is 0 Å². The number of halogens is 1. The predicted octanol–water partition coefficient (Wildman–Crippen LogP) is 2.70. The van der Waals surface area contributed by atoms with Crippen molar-refractivity contribution in [2.24, 2.45) is 0 Å². The Morgan fingerprint density at radius 1 is 1.20 bits per heavy atom. The molecular weight excluding hydrogens is 340 g/mol. The molecule has 0 bridgehead atoms. The van der Waals surface area contributed by atoms with Crippen molar-refractivity contribution in [2.75, 3.05) is 31.5 Å². The molecule has 0 aliphatic carbocycles. The summed E-state index contributed by atoms with van der Waals surface area (Å²) in [6.07, 6.45) is 2.39. The van der Waals surface area contributed by atoms with E-state index >= 15 is 0 Å². The minimum Gasteiger partial charge on any atom is -0.342 e. The highest BCUT2D eigenvalue weighted by molar-refractivity contribution is 6.31. The predicted molar refractivity (Wildman–Crippen MR) is 97.2 cm³/mol. The topological polar surface area (TPSA) is 65.5 Å². The fourth-order valence-corrected chi connectivity index (χ4v) is 2.86. The second kappa shape index (κ2) is 7.53. The number of pyridine rings is 1. The van der Waals surface area contributed by atoms with Gasteiger partial charge in [0.1, 0.15) is 5.82 Å². The Hall–Kier alpha value is -2.60. The maximum Gasteiger partial charge on any atom is 0.255 e. The molecule has 1 fully saturated rings. The number of hydrogen-bond donors (Lipinski definition) is 1. The van der Waals surface area contributed by atoms with Crippen LogP contribution in [0.3, 0.4) is 0 Å². The molecule has 1 aliphatic rings. The number of amides is 2. The Balaban J connectivity index is 1.67. The third kappa shape index (κ3) is 3.91. The molecular formula is C18H19ClN4O2. The number of hydrogen-bond acceptors (Lipinski definition) is 4. The largest absolute Gasteiger partial charge is 0.342 e. The van der Waals surface area contributed by atoms with E-state index in [0.717, 1.165) is 17.7 Å². The van der Waals surface area contributed by atoms with Crippen LogP contribution in [-0.4, -0.2) is 53.3 Å². The number of nitrogens with one attached hydrogen (secondary N) is 1. The van der Waals surface area contributed by atoms with Crippen molar-refractivity contribution in [3.63, 3.8) is 0 Å². The molecule has 3 rings (SSSR count). The van der Waals surface area contributed by atoms with Crippen LogP contribution in [0, 0.1) is 6.92 Å². The van der Waals surface area contributed by atoms with Crippen molar-refractivity contribution >= 4 is 35.4 Å². The Morgan fingerprint density at radius 2 is 1.96 bits per heavy atom. The summed E-state index contributed by atoms with van der Waals surface area (Å²) in [6, 6.07) is 9.16. The lowest BCUT2D eigenvalue weighted by Gasteiger charge is -2.32. The van der Waals surface area contributed by atoms with Crippen molar-refractivity contribution in [1.82, 2.24) is 14.8 Å². The van der Waals surface area contributed by atoms with Crippen LogP contribution >= 0.6 is 11.6 Å². The first kappa shape index (κ1) is 17.2. The van der Waals surface area contributed by atoms with Crippen molar-refractivity contribution in [1.29, 1.82) is 0 Å². The highest BCUT2D eigenvalue weighted by Gasteiger charge is 2.21. The van der Waals surface area contributed by atoms with Crippen LogP contribution in [0.4, 0.5) is 11.5 Å². The summed E-state index contributed by atoms with van der Waals surface area (Å²) in [5, 5.41) is 3.89. The monoisotopic (exact) mass is 358 g/mol. The van der Waals surface area contributed by atoms with E-state index in [1.54, 1.807) is 28.1 Å². The number of carbonyl (C=O) groups excluding carboxylic acids is 2. The molecule has 0 saturated carbocycles. The highest BCUT2D eigenvalue weighted by Crippen LogP contribution is 2.25. The number of benzene rings is 1. The maximum absolute atomic E-state index is 12.5. The van der Waals surface area contributed by atoms with Gasteiger partial charge in [0.05, 0.1) is 5.56 Å². The van der Waals surface area contributed by atoms with Gasteiger partial charge in [-0.1, -0.05) is 17.7 Å². The SMILES string of the molecule is Cc1c(Cl)cccc1Nc1ccc(C(=O)N2CCN(C=O)CC2)cn1. The lowest BCUT2D eigenvalue weighted by molar-refractivity contribution is -0.119. The first-order valence-electron chi connectivity index (χ1n) is 8.05. The Kier molecular flexibility index (Phi) is 5.19. The maximum atomic E-state index is 12.5. The van der Waals surface area contributed by atoms with E-state index < -0.39 is 0 Å². The Bertz CT molecular complexity index is 771. The number of nitrogens with zero attached hydrogens (tertiary/aromatic N) is 3. The fraction of sp³-hybridized carbons (Fsp3) is 0.278. The number of piperazine rings is 1. The second-order valence-electron chi connectivity index (χ2n) is 5.90. The first-order chi connectivity index (χ1) is 12.1. The molecule has 130 valence electrons. The fourth-order valence-electron chi connectivity index (χ4n) is 2.69. The lowest BCUT2D eigenvalue weighted by atomic mass is 10.2. The number of carbonyl (C=O) groups is 2. The minimum absolute atomic E-state index is 0.0662. The Labute approximate surface area is 151 Å². The summed E-state index contributed by atoms with van der Waals surface area (Å²) in [5.74, 6) is 0.580. The second-order valence-corrected chi connectivity index (χ2v) is 6.31. The van der Waals surface area contributed by atoms with Crippen LogP contribution in [0.5, 0.6) is 0 Å². The molecule has 0 atom stereocenters. The van der Waals surface area contributed by atoms with Crippen molar-refractivity contribution < 1.29 is 9.59 Å². The van der Waals surface area contributed by atoms with Gasteiger partial charge in [-0.3, -0.25) is 9.59 Å². The van der Waals surface area contributed by atoms with E-state index in [1.807, 2.05) is 25.1 Å². The van der Waals surface area contributed by atoms with Gasteiger partial charge in [0.15, 0.2) is 0 Å². The number of aromatic nitrogens is 1. The summed E-state index contributed by atoms with van der Waals surface area (Å²) in [6.45, 7) is 4.15. The van der Waals surface area contributed by atoms with Gasteiger partial charge in [-0.05, 0) is 36.8 Å². The summed E-state index contributed by atoms with van der Waals surface area (Å²) < 4.78 is 0. The molecule has 0 spiro atoms. The summed E-state index contributed by atoms with van der Waals surface area (Å²) in [7, 11) is 0. The molecule has 1 aromatic carbocycles. The minimum atomic E-state index is -0.0662. The molecule has 0 radical (unpaired) electrons. The number of anilines is 2. The molecule has 1 aliphatic heterocycles. The summed E-state index contributed by atoms with van der Waals surface area (Å²) in [5.41, 5.74) is 2.36. The molecule has 2 heterocycles. The quantitative estimate of drug-likeness (QED) is 0.853. The standard InChI is InChI=1S/C18H19ClN4O2/c1-13-15(19)3-2-4-16(13)21-17-6-5-14(11-20-17)18(25)23-9-7-22(12-24)8-10-23/h2-6,11-12H,7-10H2,1H3,(H,20,21). The van der Waals surface area contributed by atoms with E-state index in [2.05, 4.69) is 10.3 Å². The van der Waals surface area contributed by atoms with Gasteiger partial charge >= 0.3 is 0 Å². The molecule has 2 aromatic rings. The Morgan fingerprint density at radius 3 is 2.60 bits per heavy atom. The van der Waals surface area contributed by atoms with Crippen LogP contribution in [0.1, 0.15) is 15.9 Å². The molecule has 1 aromatic heterocycles. The zero-order chi connectivity index (χ0) is 17.8. The lowest BCUT2D eigenvalue weighted by Crippen LogP contribution is -2.48. The van der Waals surface area contributed by atoms with Crippen LogP contribution < -0.4 is 5.32 Å². The van der Waals surface area contributed by atoms with Crippen molar-refractivity contribution in [3.05, 3.63) is 52.7 Å². The molecule has 1 saturated heterocycles. The van der Waals surface area contributed by atoms with Gasteiger partial charge in [-0.25, -0.2) is 4.98 Å². The number of rotatable bonds is 4. The van der Waals surface area contributed by atoms with E-state index in [0.29, 0.717) is 42.6 Å². The van der Waals surface area contributed by atoms with Crippen LogP contribution in [0.2, 0.25) is 5.02 Å². The van der Waals surface area contributed by atoms with E-state index in [-0.39, 0.29) is 5.91 Å². The average Bonchev–Trinajstić information content (AvgIpc) is 2.65. The van der Waals surface area contributed by atoms with Gasteiger partial charge in [-0.2, -0.15) is 0 Å². The van der Waals surface area contributed by atoms with Gasteiger partial charge in [0.25, 0.3) is 5.91 Å². The first-order valence-corrected chi connectivity index (χ1v) is 8.43. The average molecular weight is 359 g/mol. The van der Waals surface area contributed by atoms with Gasteiger partial charge in [-0.15, -0.1) is 0 Å². The zero-order valence-electron chi connectivity index (χ0n) is 13.9. The third-order valence-electron chi connectivity index (χ3n) is 4.29. The highest BCUT2D eigenvalue weighted by atomic mass is 35.5. The van der Waals surface area contributed by atoms with Gasteiger partial charge in [0, 0.05) is 43.1 Å². The molecule has 0 unspecified atom stereocenters. The van der Waals surface area contributed by atoms with Crippen LogP contribution in [-0.2, 0) is 4.79 Å². The smallest absolute Gasteiger partial charge is 0.255 e. The molecule has 1 N–H and O–H groups in total. The normalized spacial score (nSPS) is 14.3. The molecule has 2 amide bonds. The van der Waals surface area contributed by atoms with Crippen molar-refractivity contribution in [3.8, 4) is 0 Å². The summed E-state index contributed by atoms with van der Waals surface area (Å²) in [4.78, 5) is 31.0. The molecule has 6 nitrogen and oxygen atoms in total. The van der Waals surface area contributed by atoms with Crippen LogP contribution in [0.15, 0.2) is 36.5 Å². The zero-order valence-corrected chi connectivity index (χ0v) is 14.7. The summed E-state index contributed by atoms with van der Waals surface area (Å²) >= 11 is 6.12. The molecule has 7 heteroatoms. The van der Waals surface area contributed by atoms with E-state index in [4.69, 9.17) is 11.6 Å². The van der Waals surface area contributed by atoms with E-state index in [1.165, 1.54) is 0 Å². The third-order valence-corrected chi connectivity index (χ3v) is 4.70. The molecule has 25 heavy (non-hydrogen) atoms. The van der Waals surface area contributed by atoms with Crippen molar-refractivity contribution in [2.45, 2.75) is 6.92 Å². The van der Waals surface area contributed by atoms with Gasteiger partial charge in [0.2, 0.25) is 6.41 Å². The van der Waals surface area contributed by atoms with Gasteiger partial charge < -0.3 is 15.1 Å².